The van der Waals surface area contributed by atoms with E-state index in [0.29, 0.717) is 0 Å². The van der Waals surface area contributed by atoms with Crippen LogP contribution in [0.15, 0.2) is 78.9 Å². The molecular formula is C20H19NO. The highest BCUT2D eigenvalue weighted by atomic mass is 16.5. The van der Waals surface area contributed by atoms with Gasteiger partial charge in [-0.3, -0.25) is 0 Å². The average Bonchev–Trinajstić information content (AvgIpc) is 2.58. The molecule has 3 aromatic carbocycles. The predicted octanol–water partition coefficient (Wildman–Crippen LogP) is 5.47. The van der Waals surface area contributed by atoms with Gasteiger partial charge in [0.25, 0.3) is 0 Å². The molecule has 0 amide bonds. The lowest BCUT2D eigenvalue weighted by Gasteiger charge is -2.25. The second-order valence-corrected chi connectivity index (χ2v) is 5.20. The molecule has 0 saturated carbocycles. The molecule has 0 aliphatic rings. The molecule has 0 aliphatic carbocycles. The maximum Gasteiger partial charge on any atom is 0.119 e. The number of anilines is 3. The molecule has 0 unspecified atom stereocenters. The second kappa shape index (κ2) is 6.35. The summed E-state index contributed by atoms with van der Waals surface area (Å²) in [6.07, 6.45) is 0. The minimum absolute atomic E-state index is 0.862. The van der Waals surface area contributed by atoms with Crippen molar-refractivity contribution in [3.63, 3.8) is 0 Å². The van der Waals surface area contributed by atoms with E-state index in [1.54, 1.807) is 7.11 Å². The first-order chi connectivity index (χ1) is 10.8. The van der Waals surface area contributed by atoms with Crippen LogP contribution in [0.3, 0.4) is 0 Å². The molecule has 0 aromatic heterocycles. The molecule has 0 spiro atoms. The average molecular weight is 289 g/mol. The Morgan fingerprint density at radius 2 is 1.14 bits per heavy atom. The van der Waals surface area contributed by atoms with Crippen LogP contribution < -0.4 is 9.64 Å². The number of nitrogens with zero attached hydrogens (tertiary/aromatic N) is 1. The fraction of sp³-hybridized carbons (Fsp3) is 0.100. The Labute approximate surface area is 131 Å². The van der Waals surface area contributed by atoms with Gasteiger partial charge in [-0.1, -0.05) is 35.9 Å². The molecule has 0 heterocycles. The summed E-state index contributed by atoms with van der Waals surface area (Å²) < 4.78 is 5.26. The van der Waals surface area contributed by atoms with Crippen LogP contribution in [0, 0.1) is 6.92 Å². The van der Waals surface area contributed by atoms with Crippen molar-refractivity contribution >= 4 is 17.1 Å². The van der Waals surface area contributed by atoms with Gasteiger partial charge in [-0.25, -0.2) is 0 Å². The van der Waals surface area contributed by atoms with E-state index < -0.39 is 0 Å². The quantitative estimate of drug-likeness (QED) is 0.631. The first-order valence-electron chi connectivity index (χ1n) is 7.34. The third-order valence-electron chi connectivity index (χ3n) is 3.64. The van der Waals surface area contributed by atoms with Gasteiger partial charge in [0.05, 0.1) is 7.11 Å². The summed E-state index contributed by atoms with van der Waals surface area (Å²) in [6, 6.07) is 27.1. The van der Waals surface area contributed by atoms with Crippen LogP contribution in [0.4, 0.5) is 17.1 Å². The van der Waals surface area contributed by atoms with Crippen LogP contribution in [-0.4, -0.2) is 7.11 Å². The summed E-state index contributed by atoms with van der Waals surface area (Å²) in [7, 11) is 1.68. The molecule has 0 saturated heterocycles. The van der Waals surface area contributed by atoms with Gasteiger partial charge in [-0.05, 0) is 55.5 Å². The zero-order valence-corrected chi connectivity index (χ0v) is 12.9. The van der Waals surface area contributed by atoms with Crippen molar-refractivity contribution in [3.05, 3.63) is 84.4 Å². The zero-order valence-electron chi connectivity index (χ0n) is 12.9. The van der Waals surface area contributed by atoms with Crippen molar-refractivity contribution in [2.45, 2.75) is 6.92 Å². The highest BCUT2D eigenvalue weighted by Crippen LogP contribution is 2.34. The molecule has 3 aromatic rings. The minimum atomic E-state index is 0.862. The van der Waals surface area contributed by atoms with E-state index in [4.69, 9.17) is 4.74 Å². The highest BCUT2D eigenvalue weighted by Gasteiger charge is 2.11. The summed E-state index contributed by atoms with van der Waals surface area (Å²) in [5, 5.41) is 0. The van der Waals surface area contributed by atoms with Crippen LogP contribution in [0.2, 0.25) is 0 Å². The number of aryl methyl sites for hydroxylation is 1. The van der Waals surface area contributed by atoms with Crippen molar-refractivity contribution in [3.8, 4) is 5.75 Å². The summed E-state index contributed by atoms with van der Waals surface area (Å²) in [5.74, 6) is 0.862. The van der Waals surface area contributed by atoms with Gasteiger partial charge in [-0.2, -0.15) is 0 Å². The largest absolute Gasteiger partial charge is 0.497 e. The number of ether oxygens (including phenoxy) is 1. The Bertz CT molecular complexity index is 718. The van der Waals surface area contributed by atoms with Crippen molar-refractivity contribution in [1.82, 2.24) is 0 Å². The second-order valence-electron chi connectivity index (χ2n) is 5.20. The van der Waals surface area contributed by atoms with Gasteiger partial charge in [0.15, 0.2) is 0 Å². The standard InChI is InChI=1S/C20H19NO/c1-16-8-10-18(11-9-16)21(17-6-4-3-5-7-17)19-12-14-20(22-2)15-13-19/h3-15H,1-2H3. The lowest BCUT2D eigenvalue weighted by molar-refractivity contribution is 0.415. The number of hydrogen-bond donors (Lipinski definition) is 0. The van der Waals surface area contributed by atoms with Crippen LogP contribution in [0.1, 0.15) is 5.56 Å². The van der Waals surface area contributed by atoms with E-state index in [2.05, 4.69) is 72.5 Å². The Hall–Kier alpha value is -2.74. The third-order valence-corrected chi connectivity index (χ3v) is 3.64. The Balaban J connectivity index is 2.07. The number of para-hydroxylation sites is 1. The van der Waals surface area contributed by atoms with Gasteiger partial charge in [0.2, 0.25) is 0 Å². The molecule has 0 radical (unpaired) electrons. The van der Waals surface area contributed by atoms with Crippen molar-refractivity contribution in [2.24, 2.45) is 0 Å². The monoisotopic (exact) mass is 289 g/mol. The molecular weight excluding hydrogens is 270 g/mol. The van der Waals surface area contributed by atoms with E-state index in [-0.39, 0.29) is 0 Å². The van der Waals surface area contributed by atoms with Crippen LogP contribution in [0.5, 0.6) is 5.75 Å². The lowest BCUT2D eigenvalue weighted by atomic mass is 10.1. The van der Waals surface area contributed by atoms with Crippen LogP contribution in [-0.2, 0) is 0 Å². The zero-order chi connectivity index (χ0) is 15.4. The molecule has 0 aliphatic heterocycles. The normalized spacial score (nSPS) is 10.3. The summed E-state index contributed by atoms with van der Waals surface area (Å²) in [6.45, 7) is 2.10. The van der Waals surface area contributed by atoms with E-state index in [1.165, 1.54) is 5.56 Å². The van der Waals surface area contributed by atoms with Crippen molar-refractivity contribution in [1.29, 1.82) is 0 Å². The first-order valence-corrected chi connectivity index (χ1v) is 7.34. The smallest absolute Gasteiger partial charge is 0.119 e. The van der Waals surface area contributed by atoms with Crippen molar-refractivity contribution in [2.75, 3.05) is 12.0 Å². The van der Waals surface area contributed by atoms with Crippen LogP contribution >= 0.6 is 0 Å². The molecule has 0 bridgehead atoms. The number of hydrogen-bond acceptors (Lipinski definition) is 2. The van der Waals surface area contributed by atoms with Gasteiger partial charge >= 0.3 is 0 Å². The third kappa shape index (κ3) is 2.96. The molecule has 22 heavy (non-hydrogen) atoms. The molecule has 2 nitrogen and oxygen atoms in total. The molecule has 2 heteroatoms. The fourth-order valence-electron chi connectivity index (χ4n) is 2.45. The van der Waals surface area contributed by atoms with E-state index in [1.807, 2.05) is 18.2 Å². The molecule has 0 fully saturated rings. The molecule has 0 N–H and O–H groups in total. The van der Waals surface area contributed by atoms with Gasteiger partial charge in [0, 0.05) is 17.1 Å². The van der Waals surface area contributed by atoms with E-state index >= 15 is 0 Å². The predicted molar refractivity (Wildman–Crippen MR) is 92.4 cm³/mol. The fourth-order valence-corrected chi connectivity index (χ4v) is 2.45. The Kier molecular flexibility index (Phi) is 4.10. The summed E-state index contributed by atoms with van der Waals surface area (Å²) in [5.41, 5.74) is 4.64. The van der Waals surface area contributed by atoms with Crippen LogP contribution in [0.25, 0.3) is 0 Å². The van der Waals surface area contributed by atoms with Crippen molar-refractivity contribution < 1.29 is 4.74 Å². The lowest BCUT2D eigenvalue weighted by Crippen LogP contribution is -2.09. The van der Waals surface area contributed by atoms with Gasteiger partial charge in [-0.15, -0.1) is 0 Å². The summed E-state index contributed by atoms with van der Waals surface area (Å²) in [4.78, 5) is 2.24. The maximum atomic E-state index is 5.26. The Morgan fingerprint density at radius 3 is 1.68 bits per heavy atom. The summed E-state index contributed by atoms with van der Waals surface area (Å²) >= 11 is 0. The Morgan fingerprint density at radius 1 is 0.636 bits per heavy atom. The van der Waals surface area contributed by atoms with E-state index in [9.17, 15) is 0 Å². The minimum Gasteiger partial charge on any atom is -0.497 e. The van der Waals surface area contributed by atoms with E-state index in [0.717, 1.165) is 22.8 Å². The molecule has 0 atom stereocenters. The maximum absolute atomic E-state index is 5.26. The molecule has 3 rings (SSSR count). The number of benzene rings is 3. The number of rotatable bonds is 4. The number of methoxy groups -OCH3 is 1. The first kappa shape index (κ1) is 14.2. The highest BCUT2D eigenvalue weighted by molar-refractivity contribution is 5.76. The topological polar surface area (TPSA) is 12.5 Å². The van der Waals surface area contributed by atoms with Gasteiger partial charge in [0.1, 0.15) is 5.75 Å². The SMILES string of the molecule is COc1ccc(N(c2ccccc2)c2ccc(C)cc2)cc1. The molecule has 110 valence electrons. The van der Waals surface area contributed by atoms with Gasteiger partial charge < -0.3 is 9.64 Å².